The summed E-state index contributed by atoms with van der Waals surface area (Å²) in [6.45, 7) is 2.58. The van der Waals surface area contributed by atoms with Crippen LogP contribution in [-0.2, 0) is 11.3 Å². The second-order valence-electron chi connectivity index (χ2n) is 4.18. The van der Waals surface area contributed by atoms with E-state index in [4.69, 9.17) is 0 Å². The summed E-state index contributed by atoms with van der Waals surface area (Å²) in [6.07, 6.45) is 7.07. The minimum atomic E-state index is -0.0863. The highest BCUT2D eigenvalue weighted by Crippen LogP contribution is 2.04. The van der Waals surface area contributed by atoms with E-state index in [9.17, 15) is 4.79 Å². The summed E-state index contributed by atoms with van der Waals surface area (Å²) >= 11 is 0. The number of nitrogens with one attached hydrogen (secondary N) is 2. The molecule has 18 heavy (non-hydrogen) atoms. The Morgan fingerprint density at radius 3 is 2.72 bits per heavy atom. The molecule has 1 aromatic heterocycles. The topological polar surface area (TPSA) is 44.9 Å². The zero-order valence-corrected chi connectivity index (χ0v) is 10.3. The first-order valence-electron chi connectivity index (χ1n) is 5.88. The molecular weight excluding hydrogens is 224 g/mol. The maximum atomic E-state index is 11.6. The highest BCUT2D eigenvalue weighted by Gasteiger charge is 1.96. The molecule has 0 radical (unpaired) electrons. The third kappa shape index (κ3) is 3.63. The van der Waals surface area contributed by atoms with Crippen molar-refractivity contribution in [1.29, 1.82) is 0 Å². The summed E-state index contributed by atoms with van der Waals surface area (Å²) in [7, 11) is 0. The molecule has 0 bridgehead atoms. The highest BCUT2D eigenvalue weighted by atomic mass is 16.1. The lowest BCUT2D eigenvalue weighted by atomic mass is 10.1. The van der Waals surface area contributed by atoms with Gasteiger partial charge in [-0.3, -0.25) is 4.79 Å². The summed E-state index contributed by atoms with van der Waals surface area (Å²) in [5.41, 5.74) is 3.30. The predicted molar refractivity (Wildman–Crippen MR) is 72.9 cm³/mol. The molecule has 0 aliphatic heterocycles. The Morgan fingerprint density at radius 1 is 1.28 bits per heavy atom. The van der Waals surface area contributed by atoms with E-state index in [-0.39, 0.29) is 5.91 Å². The van der Waals surface area contributed by atoms with Crippen LogP contribution in [0.25, 0.3) is 6.08 Å². The van der Waals surface area contributed by atoms with Gasteiger partial charge in [0.25, 0.3) is 0 Å². The van der Waals surface area contributed by atoms with Crippen molar-refractivity contribution in [3.63, 3.8) is 0 Å². The number of aromatic amines is 1. The van der Waals surface area contributed by atoms with Crippen molar-refractivity contribution >= 4 is 12.0 Å². The smallest absolute Gasteiger partial charge is 0.244 e. The van der Waals surface area contributed by atoms with Crippen LogP contribution in [0.3, 0.4) is 0 Å². The molecule has 2 rings (SSSR count). The zero-order valence-electron chi connectivity index (χ0n) is 10.3. The average molecular weight is 240 g/mol. The Bertz CT molecular complexity index is 524. The number of amides is 1. The van der Waals surface area contributed by atoms with Gasteiger partial charge in [0.2, 0.25) is 5.91 Å². The van der Waals surface area contributed by atoms with Crippen LogP contribution < -0.4 is 5.32 Å². The van der Waals surface area contributed by atoms with Gasteiger partial charge in [0.1, 0.15) is 0 Å². The van der Waals surface area contributed by atoms with Crippen molar-refractivity contribution in [2.75, 3.05) is 0 Å². The lowest BCUT2D eigenvalue weighted by molar-refractivity contribution is -0.116. The predicted octanol–water partition coefficient (Wildman–Crippen LogP) is 2.65. The molecule has 0 spiro atoms. The van der Waals surface area contributed by atoms with E-state index >= 15 is 0 Å². The first-order valence-corrected chi connectivity index (χ1v) is 5.88. The number of carbonyl (C=O) groups excluding carboxylic acids is 1. The number of hydrogen-bond acceptors (Lipinski definition) is 1. The van der Waals surface area contributed by atoms with E-state index in [1.54, 1.807) is 6.08 Å². The van der Waals surface area contributed by atoms with Gasteiger partial charge < -0.3 is 10.3 Å². The molecular formula is C15H16N2O. The van der Waals surface area contributed by atoms with Gasteiger partial charge in [-0.2, -0.15) is 0 Å². The van der Waals surface area contributed by atoms with E-state index in [1.165, 1.54) is 5.56 Å². The molecule has 3 heteroatoms. The van der Waals surface area contributed by atoms with Crippen LogP contribution >= 0.6 is 0 Å². The van der Waals surface area contributed by atoms with Gasteiger partial charge in [-0.05, 0) is 30.2 Å². The maximum absolute atomic E-state index is 11.6. The van der Waals surface area contributed by atoms with Crippen molar-refractivity contribution in [1.82, 2.24) is 10.3 Å². The molecule has 1 amide bonds. The van der Waals surface area contributed by atoms with Crippen molar-refractivity contribution in [3.05, 3.63) is 65.5 Å². The summed E-state index contributed by atoms with van der Waals surface area (Å²) < 4.78 is 0. The van der Waals surface area contributed by atoms with E-state index < -0.39 is 0 Å². The van der Waals surface area contributed by atoms with Gasteiger partial charge in [-0.25, -0.2) is 0 Å². The molecule has 92 valence electrons. The molecule has 0 atom stereocenters. The molecule has 3 nitrogen and oxygen atoms in total. The van der Waals surface area contributed by atoms with Gasteiger partial charge in [0.05, 0.1) is 0 Å². The summed E-state index contributed by atoms with van der Waals surface area (Å²) in [5.74, 6) is -0.0863. The quantitative estimate of drug-likeness (QED) is 0.793. The molecule has 0 saturated carbocycles. The Labute approximate surface area is 107 Å². The van der Waals surface area contributed by atoms with Gasteiger partial charge >= 0.3 is 0 Å². The fourth-order valence-electron chi connectivity index (χ4n) is 1.57. The van der Waals surface area contributed by atoms with E-state index in [1.807, 2.05) is 55.7 Å². The van der Waals surface area contributed by atoms with Crippen LogP contribution in [0.2, 0.25) is 0 Å². The SMILES string of the molecule is Cc1ccc(/C=C/C(=O)NCc2cc[nH]c2)cc1. The molecule has 2 N–H and O–H groups in total. The average Bonchev–Trinajstić information content (AvgIpc) is 2.89. The lowest BCUT2D eigenvalue weighted by Gasteiger charge is -1.99. The van der Waals surface area contributed by atoms with Crippen LogP contribution in [0.15, 0.2) is 48.8 Å². The first-order chi connectivity index (χ1) is 8.74. The van der Waals surface area contributed by atoms with Crippen LogP contribution in [0.1, 0.15) is 16.7 Å². The summed E-state index contributed by atoms with van der Waals surface area (Å²) in [4.78, 5) is 14.5. The summed E-state index contributed by atoms with van der Waals surface area (Å²) in [6, 6.07) is 9.97. The van der Waals surface area contributed by atoms with Gasteiger partial charge in [0.15, 0.2) is 0 Å². The molecule has 0 unspecified atom stereocenters. The number of H-pyrrole nitrogens is 1. The molecule has 0 saturated heterocycles. The summed E-state index contributed by atoms with van der Waals surface area (Å²) in [5, 5.41) is 2.82. The van der Waals surface area contributed by atoms with E-state index in [0.717, 1.165) is 11.1 Å². The molecule has 0 aliphatic carbocycles. The van der Waals surface area contributed by atoms with Gasteiger partial charge in [-0.1, -0.05) is 29.8 Å². The minimum absolute atomic E-state index is 0.0863. The largest absolute Gasteiger partial charge is 0.367 e. The number of benzene rings is 1. The number of aryl methyl sites for hydroxylation is 1. The van der Waals surface area contributed by atoms with Crippen LogP contribution in [0.5, 0.6) is 0 Å². The Morgan fingerprint density at radius 2 is 2.06 bits per heavy atom. The Hall–Kier alpha value is -2.29. The molecule has 0 aliphatic rings. The number of carbonyl (C=O) groups is 1. The van der Waals surface area contributed by atoms with Crippen molar-refractivity contribution in [3.8, 4) is 0 Å². The van der Waals surface area contributed by atoms with Crippen LogP contribution in [0.4, 0.5) is 0 Å². The fraction of sp³-hybridized carbons (Fsp3) is 0.133. The second kappa shape index (κ2) is 5.87. The second-order valence-corrected chi connectivity index (χ2v) is 4.18. The molecule has 2 aromatic rings. The van der Waals surface area contributed by atoms with Crippen molar-refractivity contribution < 1.29 is 4.79 Å². The van der Waals surface area contributed by atoms with Crippen molar-refractivity contribution in [2.45, 2.75) is 13.5 Å². The fourth-order valence-corrected chi connectivity index (χ4v) is 1.57. The highest BCUT2D eigenvalue weighted by molar-refractivity contribution is 5.91. The molecule has 0 fully saturated rings. The monoisotopic (exact) mass is 240 g/mol. The molecule has 1 heterocycles. The Balaban J connectivity index is 1.85. The normalized spacial score (nSPS) is 10.7. The van der Waals surface area contributed by atoms with Crippen LogP contribution in [0, 0.1) is 6.92 Å². The number of rotatable bonds is 4. The van der Waals surface area contributed by atoms with Crippen LogP contribution in [-0.4, -0.2) is 10.9 Å². The van der Waals surface area contributed by atoms with E-state index in [2.05, 4.69) is 10.3 Å². The van der Waals surface area contributed by atoms with Crippen molar-refractivity contribution in [2.24, 2.45) is 0 Å². The zero-order chi connectivity index (χ0) is 12.8. The van der Waals surface area contributed by atoms with Gasteiger partial charge in [-0.15, -0.1) is 0 Å². The maximum Gasteiger partial charge on any atom is 0.244 e. The standard InChI is InChI=1S/C15H16N2O/c1-12-2-4-13(5-3-12)6-7-15(18)17-11-14-8-9-16-10-14/h2-10,16H,11H2,1H3,(H,17,18)/b7-6+. The minimum Gasteiger partial charge on any atom is -0.367 e. The Kier molecular flexibility index (Phi) is 3.97. The van der Waals surface area contributed by atoms with E-state index in [0.29, 0.717) is 6.54 Å². The molecule has 1 aromatic carbocycles. The third-order valence-corrected chi connectivity index (χ3v) is 2.63. The first kappa shape index (κ1) is 12.2. The third-order valence-electron chi connectivity index (χ3n) is 2.63. The number of aromatic nitrogens is 1. The van der Waals surface area contributed by atoms with Gasteiger partial charge in [0, 0.05) is 25.0 Å². The lowest BCUT2D eigenvalue weighted by Crippen LogP contribution is -2.19. The number of hydrogen-bond donors (Lipinski definition) is 2.